The van der Waals surface area contributed by atoms with E-state index in [1.807, 2.05) is 55.5 Å². The molecule has 144 valence electrons. The molecule has 0 saturated carbocycles. The largest absolute Gasteiger partial charge is 0.497 e. The highest BCUT2D eigenvalue weighted by atomic mass is 16.5. The molecule has 0 aromatic heterocycles. The van der Waals surface area contributed by atoms with Crippen molar-refractivity contribution in [2.45, 2.75) is 26.7 Å². The van der Waals surface area contributed by atoms with E-state index in [2.05, 4.69) is 5.32 Å². The Morgan fingerprint density at radius 1 is 1.04 bits per heavy atom. The maximum Gasteiger partial charge on any atom is 0.224 e. The molecule has 1 N–H and O–H groups in total. The maximum absolute atomic E-state index is 12.1. The molecule has 0 aliphatic heterocycles. The number of hydrogen-bond donors (Lipinski definition) is 1. The van der Waals surface area contributed by atoms with Gasteiger partial charge in [0.05, 0.1) is 13.5 Å². The second kappa shape index (κ2) is 10.4. The van der Waals surface area contributed by atoms with Crippen molar-refractivity contribution in [3.05, 3.63) is 65.2 Å². The molecule has 0 aliphatic rings. The van der Waals surface area contributed by atoms with Gasteiger partial charge in [-0.2, -0.15) is 0 Å². The number of amides is 2. The maximum atomic E-state index is 12.1. The van der Waals surface area contributed by atoms with Crippen LogP contribution in [0.5, 0.6) is 5.75 Å². The van der Waals surface area contributed by atoms with Crippen molar-refractivity contribution in [2.24, 2.45) is 0 Å². The highest BCUT2D eigenvalue weighted by Crippen LogP contribution is 2.12. The van der Waals surface area contributed by atoms with E-state index < -0.39 is 0 Å². The van der Waals surface area contributed by atoms with E-state index in [0.717, 1.165) is 28.9 Å². The lowest BCUT2D eigenvalue weighted by atomic mass is 10.1. The van der Waals surface area contributed by atoms with Gasteiger partial charge in [-0.3, -0.25) is 9.59 Å². The minimum absolute atomic E-state index is 0.0108. The molecule has 5 nitrogen and oxygen atoms in total. The fourth-order valence-corrected chi connectivity index (χ4v) is 2.86. The van der Waals surface area contributed by atoms with Crippen LogP contribution in [0.3, 0.4) is 0 Å². The molecule has 0 radical (unpaired) electrons. The Morgan fingerprint density at radius 3 is 2.37 bits per heavy atom. The van der Waals surface area contributed by atoms with Crippen LogP contribution in [0.25, 0.3) is 0 Å². The molecule has 0 bridgehead atoms. The lowest BCUT2D eigenvalue weighted by molar-refractivity contribution is -0.129. The van der Waals surface area contributed by atoms with Crippen LogP contribution in [0.2, 0.25) is 0 Å². The number of carbonyl (C=O) groups excluding carboxylic acids is 2. The molecule has 2 aromatic carbocycles. The van der Waals surface area contributed by atoms with Crippen molar-refractivity contribution in [1.29, 1.82) is 0 Å². The van der Waals surface area contributed by atoms with E-state index in [1.54, 1.807) is 18.9 Å². The zero-order chi connectivity index (χ0) is 19.6. The van der Waals surface area contributed by atoms with Crippen LogP contribution in [-0.4, -0.2) is 43.5 Å². The van der Waals surface area contributed by atoms with Crippen molar-refractivity contribution >= 4 is 11.8 Å². The Morgan fingerprint density at radius 2 is 1.74 bits per heavy atom. The van der Waals surface area contributed by atoms with Gasteiger partial charge in [0.25, 0.3) is 0 Å². The lowest BCUT2D eigenvalue weighted by Crippen LogP contribution is -2.39. The SMILES string of the molecule is COc1ccc(CCN(CCNC(=O)Cc2ccccc2C)C(C)=O)cc1. The zero-order valence-corrected chi connectivity index (χ0v) is 16.3. The third-order valence-corrected chi connectivity index (χ3v) is 4.59. The molecular formula is C22H28N2O3. The van der Waals surface area contributed by atoms with Gasteiger partial charge in [-0.25, -0.2) is 0 Å². The molecular weight excluding hydrogens is 340 g/mol. The average Bonchev–Trinajstić information content (AvgIpc) is 2.66. The third-order valence-electron chi connectivity index (χ3n) is 4.59. The van der Waals surface area contributed by atoms with Crippen molar-refractivity contribution in [1.82, 2.24) is 10.2 Å². The number of aryl methyl sites for hydroxylation is 1. The van der Waals surface area contributed by atoms with Gasteiger partial charge in [-0.1, -0.05) is 36.4 Å². The van der Waals surface area contributed by atoms with Gasteiger partial charge in [-0.15, -0.1) is 0 Å². The summed E-state index contributed by atoms with van der Waals surface area (Å²) < 4.78 is 5.15. The van der Waals surface area contributed by atoms with E-state index >= 15 is 0 Å². The Bertz CT molecular complexity index is 756. The van der Waals surface area contributed by atoms with E-state index in [1.165, 1.54) is 0 Å². The number of hydrogen-bond acceptors (Lipinski definition) is 3. The van der Waals surface area contributed by atoms with Crippen molar-refractivity contribution in [2.75, 3.05) is 26.7 Å². The molecule has 0 fully saturated rings. The first-order valence-electron chi connectivity index (χ1n) is 9.19. The number of methoxy groups -OCH3 is 1. The van der Waals surface area contributed by atoms with Gasteiger partial charge in [0.2, 0.25) is 11.8 Å². The molecule has 2 aromatic rings. The Hall–Kier alpha value is -2.82. The topological polar surface area (TPSA) is 58.6 Å². The molecule has 2 rings (SSSR count). The number of carbonyl (C=O) groups is 2. The molecule has 27 heavy (non-hydrogen) atoms. The van der Waals surface area contributed by atoms with Crippen LogP contribution < -0.4 is 10.1 Å². The third kappa shape index (κ3) is 6.77. The van der Waals surface area contributed by atoms with Gasteiger partial charge >= 0.3 is 0 Å². The molecule has 0 spiro atoms. The van der Waals surface area contributed by atoms with Crippen LogP contribution in [0.1, 0.15) is 23.6 Å². The molecule has 0 unspecified atom stereocenters. The fraction of sp³-hybridized carbons (Fsp3) is 0.364. The fourth-order valence-electron chi connectivity index (χ4n) is 2.86. The van der Waals surface area contributed by atoms with Gasteiger partial charge in [0, 0.05) is 26.6 Å². The minimum Gasteiger partial charge on any atom is -0.497 e. The summed E-state index contributed by atoms with van der Waals surface area (Å²) in [5, 5.41) is 2.91. The first kappa shape index (κ1) is 20.5. The Kier molecular flexibility index (Phi) is 7.86. The van der Waals surface area contributed by atoms with Gasteiger partial charge < -0.3 is 15.0 Å². The van der Waals surface area contributed by atoms with E-state index in [-0.39, 0.29) is 11.8 Å². The lowest BCUT2D eigenvalue weighted by Gasteiger charge is -2.21. The number of nitrogens with one attached hydrogen (secondary N) is 1. The molecule has 0 heterocycles. The summed E-state index contributed by atoms with van der Waals surface area (Å²) in [5.41, 5.74) is 3.28. The van der Waals surface area contributed by atoms with Crippen LogP contribution in [0, 0.1) is 6.92 Å². The van der Waals surface area contributed by atoms with Crippen LogP contribution >= 0.6 is 0 Å². The molecule has 2 amide bonds. The highest BCUT2D eigenvalue weighted by Gasteiger charge is 2.10. The standard InChI is InChI=1S/C22H28N2O3/c1-17-6-4-5-7-20(17)16-22(26)23-13-15-24(18(2)25)14-12-19-8-10-21(27-3)11-9-19/h4-11H,12-16H2,1-3H3,(H,23,26). The number of ether oxygens (including phenoxy) is 1. The summed E-state index contributed by atoms with van der Waals surface area (Å²) in [5.74, 6) is 0.804. The molecule has 0 saturated heterocycles. The number of nitrogens with zero attached hydrogens (tertiary/aromatic N) is 1. The summed E-state index contributed by atoms with van der Waals surface area (Å²) in [7, 11) is 1.64. The predicted molar refractivity (Wildman–Crippen MR) is 107 cm³/mol. The summed E-state index contributed by atoms with van der Waals surface area (Å²) in [4.78, 5) is 25.8. The second-order valence-electron chi connectivity index (χ2n) is 6.56. The first-order valence-corrected chi connectivity index (χ1v) is 9.19. The Labute approximate surface area is 161 Å². The summed E-state index contributed by atoms with van der Waals surface area (Å²) in [6.45, 7) is 5.13. The quantitative estimate of drug-likeness (QED) is 0.740. The smallest absolute Gasteiger partial charge is 0.224 e. The summed E-state index contributed by atoms with van der Waals surface area (Å²) in [6, 6.07) is 15.7. The van der Waals surface area contributed by atoms with E-state index in [0.29, 0.717) is 26.1 Å². The average molecular weight is 368 g/mol. The number of benzene rings is 2. The highest BCUT2D eigenvalue weighted by molar-refractivity contribution is 5.79. The number of rotatable bonds is 9. The first-order chi connectivity index (χ1) is 13.0. The van der Waals surface area contributed by atoms with Crippen LogP contribution in [0.15, 0.2) is 48.5 Å². The molecule has 0 atom stereocenters. The van der Waals surface area contributed by atoms with Crippen molar-refractivity contribution in [3.8, 4) is 5.75 Å². The summed E-state index contributed by atoms with van der Waals surface area (Å²) in [6.07, 6.45) is 1.12. The van der Waals surface area contributed by atoms with Crippen LogP contribution in [0.4, 0.5) is 0 Å². The monoisotopic (exact) mass is 368 g/mol. The van der Waals surface area contributed by atoms with E-state index in [4.69, 9.17) is 4.74 Å². The predicted octanol–water partition coefficient (Wildman–Crippen LogP) is 2.75. The van der Waals surface area contributed by atoms with Crippen molar-refractivity contribution < 1.29 is 14.3 Å². The molecule has 0 aliphatic carbocycles. The van der Waals surface area contributed by atoms with Gasteiger partial charge in [0.1, 0.15) is 5.75 Å². The van der Waals surface area contributed by atoms with Gasteiger partial charge in [0.15, 0.2) is 0 Å². The normalized spacial score (nSPS) is 10.3. The molecule has 5 heteroatoms. The summed E-state index contributed by atoms with van der Waals surface area (Å²) >= 11 is 0. The van der Waals surface area contributed by atoms with E-state index in [9.17, 15) is 9.59 Å². The Balaban J connectivity index is 1.77. The van der Waals surface area contributed by atoms with Crippen molar-refractivity contribution in [3.63, 3.8) is 0 Å². The second-order valence-corrected chi connectivity index (χ2v) is 6.56. The van der Waals surface area contributed by atoms with Gasteiger partial charge in [-0.05, 0) is 42.2 Å². The minimum atomic E-state index is -0.0250. The zero-order valence-electron chi connectivity index (χ0n) is 16.3. The van der Waals surface area contributed by atoms with Crippen LogP contribution in [-0.2, 0) is 22.4 Å².